The van der Waals surface area contributed by atoms with E-state index in [1.165, 1.54) is 26.2 Å². The summed E-state index contributed by atoms with van der Waals surface area (Å²) in [5.74, 6) is 0.383. The van der Waals surface area contributed by atoms with Crippen LogP contribution in [0, 0.1) is 0 Å². The van der Waals surface area contributed by atoms with Gasteiger partial charge in [-0.05, 0) is 12.1 Å². The van der Waals surface area contributed by atoms with Gasteiger partial charge in [0.05, 0.1) is 19.9 Å². The maximum absolute atomic E-state index is 12.6. The highest BCUT2D eigenvalue weighted by Crippen LogP contribution is 2.28. The molecule has 146 valence electrons. The molecule has 0 saturated carbocycles. The number of methoxy groups -OCH3 is 2. The molecule has 3 N–H and O–H groups in total. The SMILES string of the molecule is COc1ccc(OC)c(NC(=O)Cn2c(=O)c(N(C)C)c(N)n(C)c2=O)c1. The Morgan fingerprint density at radius 1 is 1.22 bits per heavy atom. The number of nitrogens with one attached hydrogen (secondary N) is 1. The van der Waals surface area contributed by atoms with E-state index >= 15 is 0 Å². The van der Waals surface area contributed by atoms with Crippen LogP contribution in [-0.4, -0.2) is 43.4 Å². The van der Waals surface area contributed by atoms with E-state index in [0.717, 1.165) is 9.13 Å². The minimum absolute atomic E-state index is 0.0288. The lowest BCUT2D eigenvalue weighted by atomic mass is 10.2. The molecule has 0 aliphatic carbocycles. The third kappa shape index (κ3) is 3.89. The topological polar surface area (TPSA) is 121 Å². The average Bonchev–Trinajstić information content (AvgIpc) is 2.63. The number of nitrogens with two attached hydrogens (primary N) is 1. The van der Waals surface area contributed by atoms with E-state index in [2.05, 4.69) is 5.32 Å². The number of ether oxygens (including phenoxy) is 2. The molecule has 0 aliphatic rings. The molecule has 0 radical (unpaired) electrons. The normalized spacial score (nSPS) is 10.4. The predicted octanol–water partition coefficient (Wildman–Crippen LogP) is -0.149. The first-order chi connectivity index (χ1) is 12.7. The molecule has 1 aromatic heterocycles. The van der Waals surface area contributed by atoms with Crippen molar-refractivity contribution in [2.75, 3.05) is 44.3 Å². The number of aromatic nitrogens is 2. The zero-order valence-corrected chi connectivity index (χ0v) is 15.9. The smallest absolute Gasteiger partial charge is 0.332 e. The Bertz CT molecular complexity index is 977. The summed E-state index contributed by atoms with van der Waals surface area (Å²) >= 11 is 0. The number of anilines is 3. The van der Waals surface area contributed by atoms with Crippen molar-refractivity contribution >= 4 is 23.1 Å². The summed E-state index contributed by atoms with van der Waals surface area (Å²) < 4.78 is 12.3. The minimum Gasteiger partial charge on any atom is -0.497 e. The molecule has 0 bridgehead atoms. The number of rotatable bonds is 6. The van der Waals surface area contributed by atoms with Gasteiger partial charge in [0.25, 0.3) is 5.56 Å². The molecular weight excluding hydrogens is 354 g/mol. The second-order valence-electron chi connectivity index (χ2n) is 5.98. The van der Waals surface area contributed by atoms with Crippen molar-refractivity contribution in [3.8, 4) is 11.5 Å². The van der Waals surface area contributed by atoms with E-state index in [1.54, 1.807) is 32.3 Å². The van der Waals surface area contributed by atoms with Crippen LogP contribution >= 0.6 is 0 Å². The van der Waals surface area contributed by atoms with E-state index in [4.69, 9.17) is 15.2 Å². The van der Waals surface area contributed by atoms with Gasteiger partial charge >= 0.3 is 5.69 Å². The lowest BCUT2D eigenvalue weighted by molar-refractivity contribution is -0.116. The van der Waals surface area contributed by atoms with Gasteiger partial charge in [-0.3, -0.25) is 14.2 Å². The number of hydrogen-bond acceptors (Lipinski definition) is 7. The maximum Gasteiger partial charge on any atom is 0.332 e. The summed E-state index contributed by atoms with van der Waals surface area (Å²) in [6.45, 7) is -0.479. The fourth-order valence-electron chi connectivity index (χ4n) is 2.57. The van der Waals surface area contributed by atoms with Gasteiger partial charge in [-0.2, -0.15) is 0 Å². The van der Waals surface area contributed by atoms with Crippen LogP contribution in [0.4, 0.5) is 17.2 Å². The summed E-state index contributed by atoms with van der Waals surface area (Å²) in [4.78, 5) is 39.0. The quantitative estimate of drug-likeness (QED) is 0.718. The number of carbonyl (C=O) groups excluding carboxylic acids is 1. The molecule has 0 unspecified atom stereocenters. The van der Waals surface area contributed by atoms with Gasteiger partial charge in [0.2, 0.25) is 5.91 Å². The van der Waals surface area contributed by atoms with Crippen molar-refractivity contribution in [1.29, 1.82) is 0 Å². The molecule has 2 rings (SSSR count). The fraction of sp³-hybridized carbons (Fsp3) is 0.353. The summed E-state index contributed by atoms with van der Waals surface area (Å²) in [5.41, 5.74) is 5.01. The summed E-state index contributed by atoms with van der Waals surface area (Å²) in [6.07, 6.45) is 0. The fourth-order valence-corrected chi connectivity index (χ4v) is 2.57. The lowest BCUT2D eigenvalue weighted by Crippen LogP contribution is -2.44. The number of amides is 1. The molecule has 0 fully saturated rings. The largest absolute Gasteiger partial charge is 0.497 e. The van der Waals surface area contributed by atoms with Crippen LogP contribution in [0.25, 0.3) is 0 Å². The number of benzene rings is 1. The molecule has 10 nitrogen and oxygen atoms in total. The Kier molecular flexibility index (Phi) is 5.78. The summed E-state index contributed by atoms with van der Waals surface area (Å²) in [6, 6.07) is 4.89. The third-order valence-electron chi connectivity index (χ3n) is 4.00. The van der Waals surface area contributed by atoms with Gasteiger partial charge in [-0.25, -0.2) is 9.36 Å². The van der Waals surface area contributed by atoms with Crippen LogP contribution in [0.3, 0.4) is 0 Å². The Labute approximate surface area is 155 Å². The van der Waals surface area contributed by atoms with Crippen molar-refractivity contribution in [2.24, 2.45) is 7.05 Å². The molecule has 1 amide bonds. The third-order valence-corrected chi connectivity index (χ3v) is 4.00. The van der Waals surface area contributed by atoms with Gasteiger partial charge < -0.3 is 25.4 Å². The van der Waals surface area contributed by atoms with Crippen LogP contribution in [-0.2, 0) is 18.4 Å². The summed E-state index contributed by atoms with van der Waals surface area (Å²) in [5, 5.41) is 2.63. The van der Waals surface area contributed by atoms with Crippen LogP contribution in [0.5, 0.6) is 11.5 Å². The molecule has 1 aromatic carbocycles. The standard InChI is InChI=1S/C17H23N5O5/c1-20(2)14-15(18)21(3)17(25)22(16(14)24)9-13(23)19-11-8-10(26-4)6-7-12(11)27-5/h6-8H,9,18H2,1-5H3,(H,19,23). The highest BCUT2D eigenvalue weighted by Gasteiger charge is 2.19. The monoisotopic (exact) mass is 377 g/mol. The highest BCUT2D eigenvalue weighted by molar-refractivity contribution is 5.92. The van der Waals surface area contributed by atoms with Crippen molar-refractivity contribution in [3.05, 3.63) is 39.0 Å². The molecule has 0 spiro atoms. The van der Waals surface area contributed by atoms with Crippen molar-refractivity contribution in [3.63, 3.8) is 0 Å². The predicted molar refractivity (Wildman–Crippen MR) is 103 cm³/mol. The molecular formula is C17H23N5O5. The van der Waals surface area contributed by atoms with Gasteiger partial charge in [0.15, 0.2) is 0 Å². The molecule has 0 aliphatic heterocycles. The first-order valence-corrected chi connectivity index (χ1v) is 7.99. The molecule has 0 saturated heterocycles. The number of carbonyl (C=O) groups is 1. The first kappa shape index (κ1) is 19.9. The lowest BCUT2D eigenvalue weighted by Gasteiger charge is -2.18. The summed E-state index contributed by atoms with van der Waals surface area (Å²) in [7, 11) is 7.64. The Balaban J connectivity index is 2.40. The number of nitrogens with zero attached hydrogens (tertiary/aromatic N) is 3. The molecule has 27 heavy (non-hydrogen) atoms. The van der Waals surface area contributed by atoms with E-state index in [0.29, 0.717) is 17.2 Å². The molecule has 1 heterocycles. The van der Waals surface area contributed by atoms with E-state index in [1.807, 2.05) is 0 Å². The Morgan fingerprint density at radius 2 is 1.89 bits per heavy atom. The second kappa shape index (κ2) is 7.85. The second-order valence-corrected chi connectivity index (χ2v) is 5.98. The number of hydrogen-bond donors (Lipinski definition) is 2. The van der Waals surface area contributed by atoms with Crippen LogP contribution < -0.4 is 36.7 Å². The van der Waals surface area contributed by atoms with E-state index in [9.17, 15) is 14.4 Å². The van der Waals surface area contributed by atoms with Crippen LogP contribution in [0.1, 0.15) is 0 Å². The maximum atomic E-state index is 12.6. The zero-order chi connectivity index (χ0) is 20.3. The van der Waals surface area contributed by atoms with Crippen LogP contribution in [0.15, 0.2) is 27.8 Å². The van der Waals surface area contributed by atoms with Gasteiger partial charge in [-0.1, -0.05) is 0 Å². The minimum atomic E-state index is -0.684. The van der Waals surface area contributed by atoms with E-state index in [-0.39, 0.29) is 11.5 Å². The molecule has 2 aromatic rings. The Hall–Kier alpha value is -3.43. The Morgan fingerprint density at radius 3 is 2.44 bits per heavy atom. The van der Waals surface area contributed by atoms with Crippen molar-refractivity contribution in [2.45, 2.75) is 6.54 Å². The average molecular weight is 377 g/mol. The number of nitrogen functional groups attached to an aromatic ring is 1. The molecule has 0 atom stereocenters. The van der Waals surface area contributed by atoms with Crippen molar-refractivity contribution < 1.29 is 14.3 Å². The van der Waals surface area contributed by atoms with Crippen molar-refractivity contribution in [1.82, 2.24) is 9.13 Å². The van der Waals surface area contributed by atoms with E-state index < -0.39 is 23.7 Å². The van der Waals surface area contributed by atoms with Crippen LogP contribution in [0.2, 0.25) is 0 Å². The zero-order valence-electron chi connectivity index (χ0n) is 15.9. The molecule has 10 heteroatoms. The van der Waals surface area contributed by atoms with Gasteiger partial charge in [0.1, 0.15) is 29.5 Å². The first-order valence-electron chi connectivity index (χ1n) is 7.99. The highest BCUT2D eigenvalue weighted by atomic mass is 16.5. The van der Waals surface area contributed by atoms with Gasteiger partial charge in [0, 0.05) is 27.2 Å². The van der Waals surface area contributed by atoms with Gasteiger partial charge in [-0.15, -0.1) is 0 Å².